The van der Waals surface area contributed by atoms with E-state index in [0.29, 0.717) is 35.5 Å². The van der Waals surface area contributed by atoms with E-state index in [1.807, 2.05) is 11.8 Å². The largest absolute Gasteiger partial charge is 0.326 e. The normalized spacial score (nSPS) is 41.4. The fourth-order valence-electron chi connectivity index (χ4n) is 5.56. The lowest BCUT2D eigenvalue weighted by molar-refractivity contribution is -0.129. The smallest absolute Gasteiger partial charge is 0.224 e. The number of nitrogens with one attached hydrogen (secondary N) is 1. The van der Waals surface area contributed by atoms with E-state index in [1.54, 1.807) is 0 Å². The molecule has 4 rings (SSSR count). The Labute approximate surface area is 162 Å². The first-order chi connectivity index (χ1) is 12.4. The van der Waals surface area contributed by atoms with Gasteiger partial charge in [0, 0.05) is 36.4 Å². The Bertz CT molecular complexity index is 625. The Kier molecular flexibility index (Phi) is 5.59. The second-order valence-electron chi connectivity index (χ2n) is 8.81. The highest BCUT2D eigenvalue weighted by molar-refractivity contribution is 8.00. The van der Waals surface area contributed by atoms with Crippen molar-refractivity contribution in [1.82, 2.24) is 10.2 Å². The number of carbonyl (C=O) groups is 1. The molecule has 1 aliphatic carbocycles. The van der Waals surface area contributed by atoms with Crippen LogP contribution in [0.25, 0.3) is 0 Å². The van der Waals surface area contributed by atoms with Gasteiger partial charge < -0.3 is 4.90 Å². The minimum absolute atomic E-state index is 0.140. The van der Waals surface area contributed by atoms with Gasteiger partial charge in [-0.2, -0.15) is 11.8 Å². The van der Waals surface area contributed by atoms with Gasteiger partial charge in [-0.05, 0) is 63.0 Å². The molecule has 4 fully saturated rings. The van der Waals surface area contributed by atoms with Crippen molar-refractivity contribution < 1.29 is 13.2 Å². The van der Waals surface area contributed by atoms with Crippen molar-refractivity contribution in [1.29, 1.82) is 0 Å². The quantitative estimate of drug-likeness (QED) is 0.785. The molecule has 3 aliphatic heterocycles. The molecule has 1 saturated carbocycles. The number of hydrogen-bond acceptors (Lipinski definition) is 5. The Morgan fingerprint density at radius 1 is 1.08 bits per heavy atom. The molecule has 1 N–H and O–H groups in total. The van der Waals surface area contributed by atoms with Gasteiger partial charge in [-0.25, -0.2) is 8.42 Å². The predicted octanol–water partition coefficient (Wildman–Crippen LogP) is 2.41. The molecule has 3 heterocycles. The van der Waals surface area contributed by atoms with Crippen LogP contribution < -0.4 is 5.32 Å². The van der Waals surface area contributed by atoms with Crippen LogP contribution in [0.15, 0.2) is 0 Å². The summed E-state index contributed by atoms with van der Waals surface area (Å²) >= 11 is 2.02. The third kappa shape index (κ3) is 3.95. The lowest BCUT2D eigenvalue weighted by atomic mass is 9.78. The van der Waals surface area contributed by atoms with Gasteiger partial charge >= 0.3 is 0 Å². The molecular formula is C19H32N2O3S2. The molecule has 0 bridgehead atoms. The third-order valence-corrected chi connectivity index (χ3v) is 10.2. The number of likely N-dealkylation sites (tertiary alicyclic amines) is 1. The number of sulfone groups is 1. The Morgan fingerprint density at radius 2 is 1.81 bits per heavy atom. The van der Waals surface area contributed by atoms with E-state index in [2.05, 4.69) is 10.2 Å². The second kappa shape index (κ2) is 7.63. The molecule has 0 aromatic carbocycles. The highest BCUT2D eigenvalue weighted by atomic mass is 32.2. The van der Waals surface area contributed by atoms with Crippen LogP contribution in [-0.2, 0) is 14.6 Å². The number of fused-ring (bicyclic) bond motifs is 1. The minimum Gasteiger partial charge on any atom is -0.326 e. The molecule has 26 heavy (non-hydrogen) atoms. The number of hydrogen-bond donors (Lipinski definition) is 1. The standard InChI is InChI=1S/C19H32N2O3S2/c1-26(23,24)16-7-4-13(5-8-16)17-9-6-14-11-18(22)21(19(14)20-17)12-15-3-2-10-25-15/h13-17,19-20H,2-12H2,1H3. The Balaban J connectivity index is 1.36. The van der Waals surface area contributed by atoms with E-state index in [9.17, 15) is 13.2 Å². The van der Waals surface area contributed by atoms with Crippen LogP contribution in [0, 0.1) is 11.8 Å². The number of nitrogens with zero attached hydrogens (tertiary/aromatic N) is 1. The van der Waals surface area contributed by atoms with Crippen LogP contribution >= 0.6 is 11.8 Å². The summed E-state index contributed by atoms with van der Waals surface area (Å²) in [6.45, 7) is 0.908. The molecule has 4 unspecified atom stereocenters. The van der Waals surface area contributed by atoms with Gasteiger partial charge in [-0.3, -0.25) is 10.1 Å². The molecule has 0 aromatic rings. The number of amides is 1. The monoisotopic (exact) mass is 400 g/mol. The summed E-state index contributed by atoms with van der Waals surface area (Å²) in [4.78, 5) is 14.7. The summed E-state index contributed by atoms with van der Waals surface area (Å²) < 4.78 is 23.6. The molecule has 0 radical (unpaired) electrons. The zero-order valence-corrected chi connectivity index (χ0v) is 17.4. The van der Waals surface area contributed by atoms with Crippen LogP contribution in [-0.4, -0.2) is 60.5 Å². The number of thioether (sulfide) groups is 1. The molecule has 0 spiro atoms. The van der Waals surface area contributed by atoms with Gasteiger partial charge in [0.05, 0.1) is 11.4 Å². The van der Waals surface area contributed by atoms with Crippen LogP contribution in [0.4, 0.5) is 0 Å². The van der Waals surface area contributed by atoms with Crippen molar-refractivity contribution in [2.45, 2.75) is 80.5 Å². The third-order valence-electron chi connectivity index (χ3n) is 7.09. The number of carbonyl (C=O) groups excluding carboxylic acids is 1. The Morgan fingerprint density at radius 3 is 2.46 bits per heavy atom. The lowest BCUT2D eigenvalue weighted by Crippen LogP contribution is -2.56. The van der Waals surface area contributed by atoms with Gasteiger partial charge in [-0.1, -0.05) is 0 Å². The van der Waals surface area contributed by atoms with E-state index in [1.165, 1.54) is 24.9 Å². The van der Waals surface area contributed by atoms with E-state index in [-0.39, 0.29) is 11.4 Å². The highest BCUT2D eigenvalue weighted by Crippen LogP contribution is 2.39. The summed E-state index contributed by atoms with van der Waals surface area (Å²) in [7, 11) is -2.90. The van der Waals surface area contributed by atoms with Crippen molar-refractivity contribution in [2.24, 2.45) is 11.8 Å². The van der Waals surface area contributed by atoms with Gasteiger partial charge in [0.15, 0.2) is 0 Å². The maximum atomic E-state index is 12.6. The molecule has 1 amide bonds. The first kappa shape index (κ1) is 19.1. The molecule has 5 nitrogen and oxygen atoms in total. The summed E-state index contributed by atoms with van der Waals surface area (Å²) in [5.41, 5.74) is 0. The van der Waals surface area contributed by atoms with E-state index < -0.39 is 9.84 Å². The zero-order valence-electron chi connectivity index (χ0n) is 15.7. The molecule has 148 valence electrons. The maximum absolute atomic E-state index is 12.6. The number of piperidine rings is 1. The van der Waals surface area contributed by atoms with Gasteiger partial charge in [0.25, 0.3) is 0 Å². The topological polar surface area (TPSA) is 66.5 Å². The van der Waals surface area contributed by atoms with Gasteiger partial charge in [0.1, 0.15) is 9.84 Å². The SMILES string of the molecule is CS(=O)(=O)C1CCC(C2CCC3CC(=O)N(CC4CCCS4)C3N2)CC1. The second-order valence-corrected chi connectivity index (χ2v) is 12.5. The lowest BCUT2D eigenvalue weighted by Gasteiger charge is -2.42. The highest BCUT2D eigenvalue weighted by Gasteiger charge is 2.45. The Hall–Kier alpha value is -0.270. The minimum atomic E-state index is -2.90. The summed E-state index contributed by atoms with van der Waals surface area (Å²) in [5, 5.41) is 4.32. The molecule has 4 atom stereocenters. The van der Waals surface area contributed by atoms with Crippen molar-refractivity contribution in [3.05, 3.63) is 0 Å². The fraction of sp³-hybridized carbons (Fsp3) is 0.947. The average molecular weight is 401 g/mol. The van der Waals surface area contributed by atoms with Crippen molar-refractivity contribution in [2.75, 3.05) is 18.6 Å². The first-order valence-electron chi connectivity index (χ1n) is 10.3. The van der Waals surface area contributed by atoms with Gasteiger partial charge in [-0.15, -0.1) is 0 Å². The molecular weight excluding hydrogens is 368 g/mol. The van der Waals surface area contributed by atoms with Crippen LogP contribution in [0.5, 0.6) is 0 Å². The van der Waals surface area contributed by atoms with E-state index in [0.717, 1.165) is 45.1 Å². The fourth-order valence-corrected chi connectivity index (χ4v) is 7.95. The first-order valence-corrected chi connectivity index (χ1v) is 13.3. The molecule has 4 aliphatic rings. The molecule has 7 heteroatoms. The average Bonchev–Trinajstić information content (AvgIpc) is 3.23. The maximum Gasteiger partial charge on any atom is 0.224 e. The van der Waals surface area contributed by atoms with Gasteiger partial charge in [0.2, 0.25) is 5.91 Å². The van der Waals surface area contributed by atoms with E-state index >= 15 is 0 Å². The predicted molar refractivity (Wildman–Crippen MR) is 106 cm³/mol. The van der Waals surface area contributed by atoms with E-state index in [4.69, 9.17) is 0 Å². The van der Waals surface area contributed by atoms with Crippen LogP contribution in [0.1, 0.15) is 57.8 Å². The summed E-state index contributed by atoms with van der Waals surface area (Å²) in [6, 6.07) is 0.446. The summed E-state index contributed by atoms with van der Waals surface area (Å²) in [5.74, 6) is 2.60. The van der Waals surface area contributed by atoms with Crippen LogP contribution in [0.2, 0.25) is 0 Å². The number of rotatable bonds is 4. The molecule has 3 saturated heterocycles. The van der Waals surface area contributed by atoms with Crippen molar-refractivity contribution >= 4 is 27.5 Å². The molecule has 0 aromatic heterocycles. The van der Waals surface area contributed by atoms with Crippen molar-refractivity contribution in [3.63, 3.8) is 0 Å². The van der Waals surface area contributed by atoms with Crippen LogP contribution in [0.3, 0.4) is 0 Å². The zero-order chi connectivity index (χ0) is 18.3. The summed E-state index contributed by atoms with van der Waals surface area (Å²) in [6.07, 6.45) is 10.7. The van der Waals surface area contributed by atoms with Crippen molar-refractivity contribution in [3.8, 4) is 0 Å².